The SMILES string of the molecule is CC(C)Oc1cncc(-c2cc(F)c(N3CCC(CC(=O)O)CC3)c(F)c2)n1. The van der Waals surface area contributed by atoms with Crippen LogP contribution in [-0.4, -0.2) is 40.2 Å². The molecule has 0 unspecified atom stereocenters. The highest BCUT2D eigenvalue weighted by molar-refractivity contribution is 5.67. The number of aromatic nitrogens is 2. The maximum atomic E-state index is 14.7. The van der Waals surface area contributed by atoms with Crippen molar-refractivity contribution in [3.63, 3.8) is 0 Å². The zero-order valence-corrected chi connectivity index (χ0v) is 15.9. The molecule has 0 bridgehead atoms. The van der Waals surface area contributed by atoms with Crippen LogP contribution in [0.25, 0.3) is 11.3 Å². The van der Waals surface area contributed by atoms with E-state index in [1.165, 1.54) is 24.5 Å². The Morgan fingerprint density at radius 1 is 1.25 bits per heavy atom. The lowest BCUT2D eigenvalue weighted by Crippen LogP contribution is -2.35. The molecule has 3 rings (SSSR count). The molecule has 0 saturated carbocycles. The molecular formula is C20H23F2N3O3. The quantitative estimate of drug-likeness (QED) is 0.805. The van der Waals surface area contributed by atoms with E-state index in [9.17, 15) is 13.6 Å². The van der Waals surface area contributed by atoms with Crippen molar-refractivity contribution in [3.8, 4) is 17.1 Å². The topological polar surface area (TPSA) is 75.5 Å². The number of carboxylic acid groups (broad SMARTS) is 1. The van der Waals surface area contributed by atoms with Crippen LogP contribution < -0.4 is 9.64 Å². The number of ether oxygens (including phenoxy) is 1. The number of halogens is 2. The molecule has 0 atom stereocenters. The zero-order chi connectivity index (χ0) is 20.3. The minimum absolute atomic E-state index is 0.0399. The minimum atomic E-state index is -0.843. The molecule has 0 spiro atoms. The van der Waals surface area contributed by atoms with Crippen molar-refractivity contribution >= 4 is 11.7 Å². The van der Waals surface area contributed by atoms with Crippen molar-refractivity contribution in [1.82, 2.24) is 9.97 Å². The average molecular weight is 391 g/mol. The Morgan fingerprint density at radius 3 is 2.46 bits per heavy atom. The van der Waals surface area contributed by atoms with Crippen LogP contribution in [0.3, 0.4) is 0 Å². The molecule has 1 saturated heterocycles. The number of aliphatic carboxylic acids is 1. The summed E-state index contributed by atoms with van der Waals surface area (Å²) in [6.07, 6.45) is 4.06. The van der Waals surface area contributed by atoms with Crippen molar-refractivity contribution < 1.29 is 23.4 Å². The predicted molar refractivity (Wildman–Crippen MR) is 100 cm³/mol. The van der Waals surface area contributed by atoms with Gasteiger partial charge in [-0.05, 0) is 44.7 Å². The Balaban J connectivity index is 1.79. The molecule has 2 heterocycles. The molecular weight excluding hydrogens is 368 g/mol. The van der Waals surface area contributed by atoms with Gasteiger partial charge in [0.2, 0.25) is 5.88 Å². The van der Waals surface area contributed by atoms with E-state index in [0.717, 1.165) is 0 Å². The Morgan fingerprint density at radius 2 is 1.89 bits per heavy atom. The normalized spacial score (nSPS) is 15.1. The van der Waals surface area contributed by atoms with Crippen LogP contribution in [0, 0.1) is 17.6 Å². The van der Waals surface area contributed by atoms with Gasteiger partial charge < -0.3 is 14.7 Å². The van der Waals surface area contributed by atoms with Crippen LogP contribution in [0.2, 0.25) is 0 Å². The third-order valence-electron chi connectivity index (χ3n) is 4.68. The second-order valence-electron chi connectivity index (χ2n) is 7.23. The number of nitrogens with zero attached hydrogens (tertiary/aromatic N) is 3. The summed E-state index contributed by atoms with van der Waals surface area (Å²) in [6, 6.07) is 2.48. The number of anilines is 1. The van der Waals surface area contributed by atoms with Crippen LogP contribution in [0.5, 0.6) is 5.88 Å². The summed E-state index contributed by atoms with van der Waals surface area (Å²) in [5, 5.41) is 8.89. The molecule has 8 heteroatoms. The van der Waals surface area contributed by atoms with Gasteiger partial charge in [-0.3, -0.25) is 9.78 Å². The number of rotatable bonds is 6. The van der Waals surface area contributed by atoms with Gasteiger partial charge in [0, 0.05) is 25.1 Å². The molecule has 0 aliphatic carbocycles. The lowest BCUT2D eigenvalue weighted by molar-refractivity contribution is -0.138. The van der Waals surface area contributed by atoms with E-state index in [2.05, 4.69) is 9.97 Å². The molecule has 0 amide bonds. The number of benzene rings is 1. The summed E-state index contributed by atoms with van der Waals surface area (Å²) in [5.74, 6) is -1.87. The van der Waals surface area contributed by atoms with Crippen molar-refractivity contribution in [1.29, 1.82) is 0 Å². The third kappa shape index (κ3) is 4.74. The maximum absolute atomic E-state index is 14.7. The van der Waals surface area contributed by atoms with E-state index >= 15 is 0 Å². The van der Waals surface area contributed by atoms with Gasteiger partial charge in [-0.25, -0.2) is 13.8 Å². The standard InChI is InChI=1S/C20H23F2N3O3/c1-12(2)28-18-11-23-10-17(24-18)14-8-15(21)20(16(22)9-14)25-5-3-13(4-6-25)7-19(26)27/h8-13H,3-7H2,1-2H3,(H,26,27). The number of carboxylic acids is 1. The van der Waals surface area contributed by atoms with E-state index in [-0.39, 0.29) is 35.6 Å². The lowest BCUT2D eigenvalue weighted by atomic mass is 9.93. The molecule has 0 radical (unpaired) electrons. The zero-order valence-electron chi connectivity index (χ0n) is 15.9. The maximum Gasteiger partial charge on any atom is 0.303 e. The van der Waals surface area contributed by atoms with E-state index < -0.39 is 17.6 Å². The fraction of sp³-hybridized carbons (Fsp3) is 0.450. The number of piperidine rings is 1. The highest BCUT2D eigenvalue weighted by atomic mass is 19.1. The highest BCUT2D eigenvalue weighted by Gasteiger charge is 2.25. The van der Waals surface area contributed by atoms with Crippen LogP contribution >= 0.6 is 0 Å². The summed E-state index contributed by atoms with van der Waals surface area (Å²) < 4.78 is 35.0. The van der Waals surface area contributed by atoms with Crippen molar-refractivity contribution in [2.45, 2.75) is 39.2 Å². The van der Waals surface area contributed by atoms with Crippen LogP contribution in [0.15, 0.2) is 24.5 Å². The van der Waals surface area contributed by atoms with E-state index in [4.69, 9.17) is 9.84 Å². The van der Waals surface area contributed by atoms with Gasteiger partial charge in [0.25, 0.3) is 0 Å². The van der Waals surface area contributed by atoms with Crippen molar-refractivity contribution in [2.24, 2.45) is 5.92 Å². The molecule has 1 aromatic heterocycles. The van der Waals surface area contributed by atoms with E-state index in [1.54, 1.807) is 4.90 Å². The molecule has 1 aromatic carbocycles. The van der Waals surface area contributed by atoms with Crippen molar-refractivity contribution in [3.05, 3.63) is 36.2 Å². The predicted octanol–water partition coefficient (Wildman–Crippen LogP) is 3.90. The van der Waals surface area contributed by atoms with Gasteiger partial charge >= 0.3 is 5.97 Å². The summed E-state index contributed by atoms with van der Waals surface area (Å²) in [5.41, 5.74) is 0.518. The van der Waals surface area contributed by atoms with Gasteiger partial charge in [0.05, 0.1) is 24.2 Å². The van der Waals surface area contributed by atoms with Crippen molar-refractivity contribution in [2.75, 3.05) is 18.0 Å². The highest BCUT2D eigenvalue weighted by Crippen LogP contribution is 2.32. The Kier molecular flexibility index (Phi) is 6.06. The largest absolute Gasteiger partial charge is 0.481 e. The fourth-order valence-corrected chi connectivity index (χ4v) is 3.41. The Bertz CT molecular complexity index is 829. The second-order valence-corrected chi connectivity index (χ2v) is 7.23. The molecule has 150 valence electrons. The molecule has 28 heavy (non-hydrogen) atoms. The lowest BCUT2D eigenvalue weighted by Gasteiger charge is -2.33. The average Bonchev–Trinajstić information content (AvgIpc) is 2.62. The van der Waals surface area contributed by atoms with Gasteiger partial charge in [-0.15, -0.1) is 0 Å². The molecule has 1 aliphatic heterocycles. The summed E-state index contributed by atoms with van der Waals surface area (Å²) >= 11 is 0. The first kappa shape index (κ1) is 20.0. The van der Waals surface area contributed by atoms with Crippen LogP contribution in [-0.2, 0) is 4.79 Å². The van der Waals surface area contributed by atoms with E-state index in [1.807, 2.05) is 13.8 Å². The molecule has 1 N–H and O–H groups in total. The van der Waals surface area contributed by atoms with Gasteiger partial charge in [0.15, 0.2) is 0 Å². The second kappa shape index (κ2) is 8.50. The first-order valence-electron chi connectivity index (χ1n) is 9.28. The third-order valence-corrected chi connectivity index (χ3v) is 4.68. The number of carbonyl (C=O) groups is 1. The number of hydrogen-bond acceptors (Lipinski definition) is 5. The summed E-state index contributed by atoms with van der Waals surface area (Å²) in [7, 11) is 0. The van der Waals surface area contributed by atoms with Gasteiger partial charge in [-0.1, -0.05) is 0 Å². The van der Waals surface area contributed by atoms with Gasteiger partial charge in [0.1, 0.15) is 17.3 Å². The molecule has 2 aromatic rings. The van der Waals surface area contributed by atoms with E-state index in [0.29, 0.717) is 31.6 Å². The monoisotopic (exact) mass is 391 g/mol. The molecule has 6 nitrogen and oxygen atoms in total. The first-order chi connectivity index (χ1) is 13.3. The Labute approximate surface area is 162 Å². The van der Waals surface area contributed by atoms with Crippen LogP contribution in [0.4, 0.5) is 14.5 Å². The molecule has 1 fully saturated rings. The van der Waals surface area contributed by atoms with Gasteiger partial charge in [-0.2, -0.15) is 0 Å². The minimum Gasteiger partial charge on any atom is -0.481 e. The summed E-state index contributed by atoms with van der Waals surface area (Å²) in [6.45, 7) is 4.54. The molecule has 1 aliphatic rings. The van der Waals surface area contributed by atoms with Crippen LogP contribution in [0.1, 0.15) is 33.1 Å². The summed E-state index contributed by atoms with van der Waals surface area (Å²) in [4.78, 5) is 20.7. The number of hydrogen-bond donors (Lipinski definition) is 1. The Hall–Kier alpha value is -2.77. The smallest absolute Gasteiger partial charge is 0.303 e. The first-order valence-corrected chi connectivity index (χ1v) is 9.28. The fourth-order valence-electron chi connectivity index (χ4n) is 3.41.